The van der Waals surface area contributed by atoms with Crippen molar-refractivity contribution < 1.29 is 8.78 Å². The summed E-state index contributed by atoms with van der Waals surface area (Å²) in [6, 6.07) is 8.12. The maximum Gasteiger partial charge on any atom is 0.141 e. The minimum absolute atomic E-state index is 0.0188. The van der Waals surface area contributed by atoms with Crippen molar-refractivity contribution in [2.24, 2.45) is 0 Å². The largest absolute Gasteiger partial charge is 0.309 e. The second kappa shape index (κ2) is 5.87. The Morgan fingerprint density at radius 1 is 1.00 bits per heavy atom. The number of benzene rings is 2. The Morgan fingerprint density at radius 2 is 1.74 bits per heavy atom. The lowest BCUT2D eigenvalue weighted by atomic mass is 9.98. The lowest BCUT2D eigenvalue weighted by molar-refractivity contribution is 0.613. The summed E-state index contributed by atoms with van der Waals surface area (Å²) in [5, 5.41) is 3.47. The van der Waals surface area contributed by atoms with Crippen LogP contribution in [0.4, 0.5) is 8.78 Å². The smallest absolute Gasteiger partial charge is 0.141 e. The van der Waals surface area contributed by atoms with Gasteiger partial charge in [0, 0.05) is 5.02 Å². The summed E-state index contributed by atoms with van der Waals surface area (Å²) < 4.78 is 26.5. The molecule has 1 unspecified atom stereocenters. The molecule has 0 saturated heterocycles. The molecule has 1 N–H and O–H groups in total. The second-order valence-electron chi connectivity index (χ2n) is 4.06. The summed E-state index contributed by atoms with van der Waals surface area (Å²) in [5.74, 6) is -0.876. The molecule has 0 aliphatic rings. The van der Waals surface area contributed by atoms with Crippen LogP contribution >= 0.6 is 23.2 Å². The Balaban J connectivity index is 2.49. The average Bonchev–Trinajstić information content (AvgIpc) is 2.38. The fraction of sp³-hybridized carbons (Fsp3) is 0.143. The Hall–Kier alpha value is -1.16. The van der Waals surface area contributed by atoms with E-state index in [9.17, 15) is 8.78 Å². The van der Waals surface area contributed by atoms with Crippen molar-refractivity contribution in [1.29, 1.82) is 0 Å². The van der Waals surface area contributed by atoms with Gasteiger partial charge in [0.25, 0.3) is 0 Å². The maximum atomic E-state index is 13.3. The lowest BCUT2D eigenvalue weighted by Crippen LogP contribution is -2.18. The highest BCUT2D eigenvalue weighted by Gasteiger charge is 2.17. The van der Waals surface area contributed by atoms with E-state index in [1.807, 2.05) is 0 Å². The van der Waals surface area contributed by atoms with Crippen molar-refractivity contribution in [3.63, 3.8) is 0 Å². The molecule has 5 heteroatoms. The molecule has 0 aliphatic carbocycles. The third-order valence-corrected chi connectivity index (χ3v) is 3.47. The molecule has 19 heavy (non-hydrogen) atoms. The van der Waals surface area contributed by atoms with Crippen LogP contribution in [0.2, 0.25) is 10.0 Å². The Kier molecular flexibility index (Phi) is 4.40. The van der Waals surface area contributed by atoms with E-state index >= 15 is 0 Å². The van der Waals surface area contributed by atoms with Crippen molar-refractivity contribution in [3.05, 3.63) is 69.2 Å². The zero-order valence-corrected chi connectivity index (χ0v) is 11.6. The summed E-state index contributed by atoms with van der Waals surface area (Å²) in [7, 11) is 1.71. The van der Waals surface area contributed by atoms with Gasteiger partial charge in [-0.15, -0.1) is 0 Å². The summed E-state index contributed by atoms with van der Waals surface area (Å²) in [6.07, 6.45) is 0. The van der Waals surface area contributed by atoms with Crippen LogP contribution in [0.3, 0.4) is 0 Å². The third kappa shape index (κ3) is 3.06. The molecule has 2 rings (SSSR count). The molecule has 1 atom stereocenters. The highest BCUT2D eigenvalue weighted by atomic mass is 35.5. The Bertz CT molecular complexity index is 602. The zero-order valence-electron chi connectivity index (χ0n) is 10.1. The minimum Gasteiger partial charge on any atom is -0.309 e. The van der Waals surface area contributed by atoms with Crippen molar-refractivity contribution in [2.75, 3.05) is 7.05 Å². The minimum atomic E-state index is -0.495. The van der Waals surface area contributed by atoms with Crippen LogP contribution in [0.1, 0.15) is 17.2 Å². The molecule has 0 saturated carbocycles. The molecule has 2 aromatic carbocycles. The molecule has 0 spiro atoms. The van der Waals surface area contributed by atoms with Crippen LogP contribution in [-0.2, 0) is 0 Å². The van der Waals surface area contributed by atoms with E-state index in [1.165, 1.54) is 30.3 Å². The molecular formula is C14H11Cl2F2N. The van der Waals surface area contributed by atoms with Gasteiger partial charge in [-0.3, -0.25) is 0 Å². The third-order valence-electron chi connectivity index (χ3n) is 2.83. The Labute approximate surface area is 120 Å². The fourth-order valence-electron chi connectivity index (χ4n) is 1.93. The average molecular weight is 302 g/mol. The van der Waals surface area contributed by atoms with Gasteiger partial charge in [0.05, 0.1) is 11.1 Å². The van der Waals surface area contributed by atoms with E-state index in [-0.39, 0.29) is 16.9 Å². The van der Waals surface area contributed by atoms with Crippen LogP contribution in [-0.4, -0.2) is 7.05 Å². The highest BCUT2D eigenvalue weighted by molar-refractivity contribution is 6.31. The van der Waals surface area contributed by atoms with Gasteiger partial charge in [-0.05, 0) is 48.5 Å². The molecule has 0 radical (unpaired) electrons. The molecule has 0 aliphatic heterocycles. The van der Waals surface area contributed by atoms with Gasteiger partial charge in [0.15, 0.2) is 0 Å². The first-order valence-corrected chi connectivity index (χ1v) is 6.35. The van der Waals surface area contributed by atoms with Crippen LogP contribution in [0.25, 0.3) is 0 Å². The van der Waals surface area contributed by atoms with E-state index in [0.717, 1.165) is 0 Å². The van der Waals surface area contributed by atoms with Gasteiger partial charge < -0.3 is 5.32 Å². The molecule has 0 bridgehead atoms. The van der Waals surface area contributed by atoms with Gasteiger partial charge in [0.1, 0.15) is 11.6 Å². The number of halogens is 4. The maximum absolute atomic E-state index is 13.3. The SMILES string of the molecule is CNC(c1ccc(F)c(Cl)c1)c1cc(F)ccc1Cl. The first-order valence-electron chi connectivity index (χ1n) is 5.60. The van der Waals surface area contributed by atoms with Crippen LogP contribution in [0, 0.1) is 11.6 Å². The van der Waals surface area contributed by atoms with Crippen molar-refractivity contribution >= 4 is 23.2 Å². The monoisotopic (exact) mass is 301 g/mol. The molecule has 0 aromatic heterocycles. The number of nitrogens with one attached hydrogen (secondary N) is 1. The van der Waals surface area contributed by atoms with Crippen molar-refractivity contribution in [2.45, 2.75) is 6.04 Å². The van der Waals surface area contributed by atoms with Crippen molar-refractivity contribution in [3.8, 4) is 0 Å². The van der Waals surface area contributed by atoms with Crippen LogP contribution < -0.4 is 5.32 Å². The van der Waals surface area contributed by atoms with Gasteiger partial charge in [-0.25, -0.2) is 8.78 Å². The van der Waals surface area contributed by atoms with Gasteiger partial charge in [-0.1, -0.05) is 29.3 Å². The first-order chi connectivity index (χ1) is 9.02. The number of hydrogen-bond acceptors (Lipinski definition) is 1. The van der Waals surface area contributed by atoms with Crippen LogP contribution in [0.15, 0.2) is 36.4 Å². The highest BCUT2D eigenvalue weighted by Crippen LogP contribution is 2.30. The molecule has 2 aromatic rings. The summed E-state index contributed by atoms with van der Waals surface area (Å²) in [5.41, 5.74) is 1.29. The fourth-order valence-corrected chi connectivity index (χ4v) is 2.35. The molecular weight excluding hydrogens is 291 g/mol. The normalized spacial score (nSPS) is 12.5. The molecule has 0 heterocycles. The quantitative estimate of drug-likeness (QED) is 0.875. The first kappa shape index (κ1) is 14.3. The molecule has 0 amide bonds. The van der Waals surface area contributed by atoms with Gasteiger partial charge in [-0.2, -0.15) is 0 Å². The summed E-state index contributed by atoms with van der Waals surface area (Å²) in [4.78, 5) is 0. The summed E-state index contributed by atoms with van der Waals surface area (Å²) in [6.45, 7) is 0. The van der Waals surface area contributed by atoms with E-state index in [2.05, 4.69) is 5.32 Å². The summed E-state index contributed by atoms with van der Waals surface area (Å²) >= 11 is 11.8. The number of rotatable bonds is 3. The van der Waals surface area contributed by atoms with E-state index < -0.39 is 5.82 Å². The lowest BCUT2D eigenvalue weighted by Gasteiger charge is -2.19. The van der Waals surface area contributed by atoms with Crippen molar-refractivity contribution in [1.82, 2.24) is 5.32 Å². The predicted octanol–water partition coefficient (Wildman–Crippen LogP) is 4.58. The predicted molar refractivity (Wildman–Crippen MR) is 73.7 cm³/mol. The molecule has 0 fully saturated rings. The number of hydrogen-bond donors (Lipinski definition) is 1. The standard InChI is InChI=1S/C14H11Cl2F2N/c1-19-14(8-2-5-13(18)12(16)6-8)10-7-9(17)3-4-11(10)15/h2-7,14,19H,1H3. The zero-order chi connectivity index (χ0) is 14.0. The van der Waals surface area contributed by atoms with Crippen LogP contribution in [0.5, 0.6) is 0 Å². The Morgan fingerprint density at radius 3 is 2.37 bits per heavy atom. The van der Waals surface area contributed by atoms with Gasteiger partial charge in [0.2, 0.25) is 0 Å². The van der Waals surface area contributed by atoms with E-state index in [1.54, 1.807) is 13.1 Å². The molecule has 1 nitrogen and oxygen atoms in total. The van der Waals surface area contributed by atoms with E-state index in [4.69, 9.17) is 23.2 Å². The molecule has 100 valence electrons. The van der Waals surface area contributed by atoms with Gasteiger partial charge >= 0.3 is 0 Å². The second-order valence-corrected chi connectivity index (χ2v) is 4.88. The topological polar surface area (TPSA) is 12.0 Å². The van der Waals surface area contributed by atoms with E-state index in [0.29, 0.717) is 16.1 Å².